The molecule has 0 saturated carbocycles. The van der Waals surface area contributed by atoms with Gasteiger partial charge in [-0.15, -0.1) is 11.3 Å². The molecule has 128 valence electrons. The van der Waals surface area contributed by atoms with Crippen molar-refractivity contribution in [1.82, 2.24) is 4.98 Å². The van der Waals surface area contributed by atoms with Crippen LogP contribution in [0.5, 0.6) is 5.75 Å². The Kier molecular flexibility index (Phi) is 5.73. The Bertz CT molecular complexity index is 896. The Morgan fingerprint density at radius 1 is 1.24 bits per heavy atom. The first kappa shape index (κ1) is 17.9. The predicted molar refractivity (Wildman–Crippen MR) is 99.2 cm³/mol. The lowest BCUT2D eigenvalue weighted by atomic mass is 10.1. The van der Waals surface area contributed by atoms with Crippen molar-refractivity contribution in [3.8, 4) is 5.75 Å². The fourth-order valence-electron chi connectivity index (χ4n) is 2.22. The van der Waals surface area contributed by atoms with Gasteiger partial charge in [0, 0.05) is 26.9 Å². The maximum atomic E-state index is 10.9. The van der Waals surface area contributed by atoms with E-state index in [1.807, 2.05) is 42.5 Å². The van der Waals surface area contributed by atoms with E-state index < -0.39 is 5.97 Å². The number of benzene rings is 2. The van der Waals surface area contributed by atoms with Gasteiger partial charge < -0.3 is 14.6 Å². The van der Waals surface area contributed by atoms with Crippen LogP contribution >= 0.6 is 38.9 Å². The maximum Gasteiger partial charge on any atom is 0.123 e. The highest BCUT2D eigenvalue weighted by molar-refractivity contribution is 9.10. The van der Waals surface area contributed by atoms with Crippen LogP contribution in [-0.4, -0.2) is 11.0 Å². The van der Waals surface area contributed by atoms with Crippen LogP contribution in [0.2, 0.25) is 5.02 Å². The van der Waals surface area contributed by atoms with Crippen molar-refractivity contribution < 1.29 is 14.6 Å². The van der Waals surface area contributed by atoms with Gasteiger partial charge in [-0.25, -0.2) is 4.98 Å². The van der Waals surface area contributed by atoms with Crippen LogP contribution in [0, 0.1) is 0 Å². The van der Waals surface area contributed by atoms with E-state index in [4.69, 9.17) is 16.3 Å². The molecule has 25 heavy (non-hydrogen) atoms. The Labute approximate surface area is 162 Å². The van der Waals surface area contributed by atoms with Crippen molar-refractivity contribution in [2.45, 2.75) is 13.0 Å². The molecular formula is C18H12BrClNO3S-. The third-order valence-electron chi connectivity index (χ3n) is 3.43. The van der Waals surface area contributed by atoms with Crippen molar-refractivity contribution >= 4 is 44.8 Å². The van der Waals surface area contributed by atoms with Crippen LogP contribution in [0.4, 0.5) is 0 Å². The van der Waals surface area contributed by atoms with Crippen molar-refractivity contribution in [2.24, 2.45) is 0 Å². The molecule has 2 aromatic carbocycles. The molecule has 0 amide bonds. The zero-order valence-electron chi connectivity index (χ0n) is 12.9. The molecule has 0 N–H and O–H groups in total. The molecule has 1 heterocycles. The number of aromatic carboxylic acids is 1. The average Bonchev–Trinajstić information content (AvgIpc) is 3.04. The SMILES string of the molecule is O=C([O-])c1csc(Cc2cc(Br)ccc2OCc2ccc(Cl)cc2)n1. The number of carboxylic acids is 1. The zero-order valence-corrected chi connectivity index (χ0v) is 16.0. The molecule has 0 spiro atoms. The van der Waals surface area contributed by atoms with Gasteiger partial charge in [0.15, 0.2) is 0 Å². The number of carbonyl (C=O) groups is 1. The molecule has 0 unspecified atom stereocenters. The van der Waals surface area contributed by atoms with Crippen LogP contribution in [0.25, 0.3) is 0 Å². The minimum atomic E-state index is -1.27. The van der Waals surface area contributed by atoms with Gasteiger partial charge in [0.05, 0.1) is 16.7 Å². The van der Waals surface area contributed by atoms with E-state index in [0.29, 0.717) is 23.1 Å². The van der Waals surface area contributed by atoms with Crippen LogP contribution in [0.1, 0.15) is 26.6 Å². The Balaban J connectivity index is 1.77. The first-order chi connectivity index (χ1) is 12.0. The summed E-state index contributed by atoms with van der Waals surface area (Å²) < 4.78 is 6.84. The van der Waals surface area contributed by atoms with Crippen molar-refractivity contribution in [1.29, 1.82) is 0 Å². The highest BCUT2D eigenvalue weighted by Crippen LogP contribution is 2.27. The first-order valence-electron chi connectivity index (χ1n) is 7.32. The van der Waals surface area contributed by atoms with Gasteiger partial charge in [-0.2, -0.15) is 0 Å². The molecule has 0 fully saturated rings. The normalized spacial score (nSPS) is 10.6. The lowest BCUT2D eigenvalue weighted by Gasteiger charge is -2.11. The van der Waals surface area contributed by atoms with Crippen LogP contribution in [0.15, 0.2) is 52.3 Å². The number of nitrogens with zero attached hydrogens (tertiary/aromatic N) is 1. The smallest absolute Gasteiger partial charge is 0.123 e. The van der Waals surface area contributed by atoms with Crippen molar-refractivity contribution in [3.63, 3.8) is 0 Å². The monoisotopic (exact) mass is 436 g/mol. The third kappa shape index (κ3) is 4.81. The Morgan fingerprint density at radius 2 is 2.00 bits per heavy atom. The molecule has 0 aliphatic heterocycles. The number of carbonyl (C=O) groups excluding carboxylic acids is 1. The summed E-state index contributed by atoms with van der Waals surface area (Å²) >= 11 is 10.6. The number of ether oxygens (including phenoxy) is 1. The topological polar surface area (TPSA) is 62.2 Å². The standard InChI is InChI=1S/C18H13BrClNO3S/c19-13-3-6-16(24-9-11-1-4-14(20)5-2-11)12(7-13)8-17-21-15(10-25-17)18(22)23/h1-7,10H,8-9H2,(H,22,23)/p-1. The number of carboxylic acid groups (broad SMARTS) is 1. The van der Waals surface area contributed by atoms with Gasteiger partial charge >= 0.3 is 0 Å². The number of hydrogen-bond acceptors (Lipinski definition) is 5. The summed E-state index contributed by atoms with van der Waals surface area (Å²) in [4.78, 5) is 14.9. The number of thiazole rings is 1. The quantitative estimate of drug-likeness (QED) is 0.583. The van der Waals surface area contributed by atoms with Gasteiger partial charge in [-0.05, 0) is 35.9 Å². The summed E-state index contributed by atoms with van der Waals surface area (Å²) in [7, 11) is 0. The average molecular weight is 438 g/mol. The van der Waals surface area contributed by atoms with Gasteiger partial charge in [-0.1, -0.05) is 39.7 Å². The second-order valence-electron chi connectivity index (χ2n) is 5.26. The second kappa shape index (κ2) is 7.99. The van der Waals surface area contributed by atoms with E-state index in [1.165, 1.54) is 16.7 Å². The Hall–Kier alpha value is -1.89. The maximum absolute atomic E-state index is 10.9. The summed E-state index contributed by atoms with van der Waals surface area (Å²) in [5, 5.41) is 13.7. The lowest BCUT2D eigenvalue weighted by Crippen LogP contribution is -2.22. The highest BCUT2D eigenvalue weighted by atomic mass is 79.9. The molecule has 3 aromatic rings. The molecule has 3 rings (SSSR count). The van der Waals surface area contributed by atoms with Crippen LogP contribution < -0.4 is 9.84 Å². The van der Waals surface area contributed by atoms with Crippen LogP contribution in [-0.2, 0) is 13.0 Å². The molecule has 0 aliphatic rings. The van der Waals surface area contributed by atoms with E-state index in [-0.39, 0.29) is 5.69 Å². The van der Waals surface area contributed by atoms with Gasteiger partial charge in [-0.3, -0.25) is 0 Å². The fraction of sp³-hybridized carbons (Fsp3) is 0.111. The minimum absolute atomic E-state index is 0.0429. The second-order valence-corrected chi connectivity index (χ2v) is 7.55. The molecule has 0 radical (unpaired) electrons. The summed E-state index contributed by atoms with van der Waals surface area (Å²) in [6.45, 7) is 0.411. The Morgan fingerprint density at radius 3 is 2.68 bits per heavy atom. The number of hydrogen-bond donors (Lipinski definition) is 0. The van der Waals surface area contributed by atoms with Crippen LogP contribution in [0.3, 0.4) is 0 Å². The molecular weight excluding hydrogens is 426 g/mol. The molecule has 0 bridgehead atoms. The highest BCUT2D eigenvalue weighted by Gasteiger charge is 2.10. The number of halogens is 2. The van der Waals surface area contributed by atoms with E-state index in [9.17, 15) is 9.90 Å². The van der Waals surface area contributed by atoms with Gasteiger partial charge in [0.1, 0.15) is 12.4 Å². The third-order valence-corrected chi connectivity index (χ3v) is 5.03. The van der Waals surface area contributed by atoms with E-state index in [1.54, 1.807) is 0 Å². The van der Waals surface area contributed by atoms with E-state index in [0.717, 1.165) is 21.3 Å². The predicted octanol–water partition coefficient (Wildman–Crippen LogP) is 4.09. The molecule has 0 atom stereocenters. The summed E-state index contributed by atoms with van der Waals surface area (Å²) in [5.74, 6) is -0.542. The summed E-state index contributed by atoms with van der Waals surface area (Å²) in [6, 6.07) is 13.2. The molecule has 0 saturated heterocycles. The largest absolute Gasteiger partial charge is 0.543 e. The van der Waals surface area contributed by atoms with E-state index in [2.05, 4.69) is 20.9 Å². The van der Waals surface area contributed by atoms with Crippen molar-refractivity contribution in [3.05, 3.63) is 79.2 Å². The van der Waals surface area contributed by atoms with Crippen molar-refractivity contribution in [2.75, 3.05) is 0 Å². The molecule has 7 heteroatoms. The molecule has 0 aliphatic carbocycles. The first-order valence-corrected chi connectivity index (χ1v) is 9.38. The van der Waals surface area contributed by atoms with E-state index >= 15 is 0 Å². The zero-order chi connectivity index (χ0) is 17.8. The molecule has 1 aromatic heterocycles. The lowest BCUT2D eigenvalue weighted by molar-refractivity contribution is -0.255. The fourth-order valence-corrected chi connectivity index (χ4v) is 3.54. The van der Waals surface area contributed by atoms with Gasteiger partial charge in [0.2, 0.25) is 0 Å². The number of rotatable bonds is 6. The summed E-state index contributed by atoms with van der Waals surface area (Å²) in [5.41, 5.74) is 1.88. The minimum Gasteiger partial charge on any atom is -0.543 e. The summed E-state index contributed by atoms with van der Waals surface area (Å²) in [6.07, 6.45) is 0.480. The molecule has 4 nitrogen and oxygen atoms in total. The number of aromatic nitrogens is 1. The van der Waals surface area contributed by atoms with Gasteiger partial charge in [0.25, 0.3) is 0 Å².